The molecular formula is C26H26N2O6S. The van der Waals surface area contributed by atoms with Gasteiger partial charge in [0.2, 0.25) is 11.8 Å². The largest absolute Gasteiger partial charge is 0.481 e. The second-order valence-corrected chi connectivity index (χ2v) is 8.93. The Morgan fingerprint density at radius 3 is 2.29 bits per heavy atom. The average molecular weight is 495 g/mol. The van der Waals surface area contributed by atoms with Gasteiger partial charge in [0.05, 0.1) is 6.42 Å². The van der Waals surface area contributed by atoms with E-state index in [9.17, 15) is 19.2 Å². The van der Waals surface area contributed by atoms with Crippen LogP contribution in [0.15, 0.2) is 66.0 Å². The van der Waals surface area contributed by atoms with Crippen molar-refractivity contribution in [3.8, 4) is 10.4 Å². The van der Waals surface area contributed by atoms with Crippen LogP contribution in [0.2, 0.25) is 0 Å². The molecule has 4 N–H and O–H groups in total. The van der Waals surface area contributed by atoms with Crippen LogP contribution in [0.3, 0.4) is 0 Å². The summed E-state index contributed by atoms with van der Waals surface area (Å²) in [5, 5.41) is 25.3. The first kappa shape index (κ1) is 25.6. The lowest BCUT2D eigenvalue weighted by Gasteiger charge is -2.18. The first-order chi connectivity index (χ1) is 16.8. The fourth-order valence-electron chi connectivity index (χ4n) is 3.50. The number of amides is 2. The third kappa shape index (κ3) is 8.38. The van der Waals surface area contributed by atoms with Gasteiger partial charge in [-0.15, -0.1) is 11.3 Å². The zero-order valence-electron chi connectivity index (χ0n) is 18.9. The number of hydrogen-bond acceptors (Lipinski definition) is 5. The third-order valence-electron chi connectivity index (χ3n) is 5.25. The number of carboxylic acids is 2. The van der Waals surface area contributed by atoms with Gasteiger partial charge in [0.25, 0.3) is 0 Å². The van der Waals surface area contributed by atoms with Crippen LogP contribution in [-0.4, -0.2) is 40.0 Å². The van der Waals surface area contributed by atoms with Crippen molar-refractivity contribution in [2.45, 2.75) is 38.1 Å². The second kappa shape index (κ2) is 12.5. The molecule has 1 unspecified atom stereocenters. The van der Waals surface area contributed by atoms with Crippen molar-refractivity contribution in [3.05, 3.63) is 77.2 Å². The molecule has 9 heteroatoms. The van der Waals surface area contributed by atoms with E-state index in [0.717, 1.165) is 16.0 Å². The number of anilines is 1. The summed E-state index contributed by atoms with van der Waals surface area (Å²) < 4.78 is 0. The highest BCUT2D eigenvalue weighted by Crippen LogP contribution is 2.25. The van der Waals surface area contributed by atoms with Gasteiger partial charge in [0.1, 0.15) is 6.04 Å². The highest BCUT2D eigenvalue weighted by atomic mass is 32.1. The van der Waals surface area contributed by atoms with E-state index < -0.39 is 23.9 Å². The Kier molecular flexibility index (Phi) is 9.14. The molecule has 2 aromatic carbocycles. The van der Waals surface area contributed by atoms with Gasteiger partial charge in [0.15, 0.2) is 0 Å². The predicted molar refractivity (Wildman–Crippen MR) is 133 cm³/mol. The molecule has 0 fully saturated rings. The minimum atomic E-state index is -1.08. The van der Waals surface area contributed by atoms with Crippen LogP contribution in [0.1, 0.15) is 30.4 Å². The first-order valence-corrected chi connectivity index (χ1v) is 11.9. The molecule has 2 amide bonds. The summed E-state index contributed by atoms with van der Waals surface area (Å²) in [5.41, 5.74) is 2.95. The smallest absolute Gasteiger partial charge is 0.307 e. The van der Waals surface area contributed by atoms with E-state index in [2.05, 4.69) is 10.6 Å². The fourth-order valence-corrected chi connectivity index (χ4v) is 4.24. The summed E-state index contributed by atoms with van der Waals surface area (Å²) in [6, 6.07) is 17.3. The Morgan fingerprint density at radius 1 is 0.857 bits per heavy atom. The van der Waals surface area contributed by atoms with Crippen molar-refractivity contribution in [1.29, 1.82) is 0 Å². The van der Waals surface area contributed by atoms with Crippen molar-refractivity contribution >= 4 is 40.8 Å². The minimum absolute atomic E-state index is 0.0722. The Morgan fingerprint density at radius 2 is 1.63 bits per heavy atom. The summed E-state index contributed by atoms with van der Waals surface area (Å²) in [6.07, 6.45) is 0.0559. The van der Waals surface area contributed by atoms with Crippen molar-refractivity contribution in [3.63, 3.8) is 0 Å². The fraction of sp³-hybridized carbons (Fsp3) is 0.231. The molecule has 0 saturated carbocycles. The monoisotopic (exact) mass is 494 g/mol. The van der Waals surface area contributed by atoms with Gasteiger partial charge in [-0.05, 0) is 53.1 Å². The van der Waals surface area contributed by atoms with Crippen LogP contribution in [0.4, 0.5) is 5.69 Å². The molecule has 3 aromatic rings. The van der Waals surface area contributed by atoms with Gasteiger partial charge in [-0.25, -0.2) is 0 Å². The molecule has 0 aliphatic carbocycles. The Hall–Kier alpha value is -3.98. The number of thiophene rings is 1. The van der Waals surface area contributed by atoms with Gasteiger partial charge in [-0.3, -0.25) is 19.2 Å². The van der Waals surface area contributed by atoms with E-state index in [0.29, 0.717) is 17.7 Å². The molecule has 0 spiro atoms. The summed E-state index contributed by atoms with van der Waals surface area (Å²) in [6.45, 7) is 0. The summed E-state index contributed by atoms with van der Waals surface area (Å²) in [5.74, 6) is -3.00. The maximum Gasteiger partial charge on any atom is 0.307 e. The molecule has 8 nitrogen and oxygen atoms in total. The maximum absolute atomic E-state index is 12.8. The zero-order valence-corrected chi connectivity index (χ0v) is 19.7. The standard InChI is InChI=1S/C26H26N2O6S/c29-23(12-8-17-6-9-19(10-7-17)22-5-2-14-35-22)28-21(11-13-24(30)31)26(34)27-20-4-1-3-18(15-20)16-25(32)33/h1-7,9-10,14-15,21H,8,11-13,16H2,(H,27,34)(H,28,29)(H,30,31)(H,32,33). The van der Waals surface area contributed by atoms with Crippen LogP contribution in [-0.2, 0) is 32.0 Å². The molecule has 3 rings (SSSR count). The van der Waals surface area contributed by atoms with E-state index in [1.54, 1.807) is 29.5 Å². The van der Waals surface area contributed by atoms with Gasteiger partial charge in [0, 0.05) is 23.4 Å². The average Bonchev–Trinajstić information content (AvgIpc) is 3.35. The van der Waals surface area contributed by atoms with E-state index in [1.165, 1.54) is 6.07 Å². The van der Waals surface area contributed by atoms with Gasteiger partial charge in [-0.2, -0.15) is 0 Å². The van der Waals surface area contributed by atoms with E-state index in [1.807, 2.05) is 41.8 Å². The zero-order chi connectivity index (χ0) is 25.2. The molecule has 0 aliphatic rings. The third-order valence-corrected chi connectivity index (χ3v) is 6.17. The van der Waals surface area contributed by atoms with Gasteiger partial charge in [-0.1, -0.05) is 42.5 Å². The highest BCUT2D eigenvalue weighted by molar-refractivity contribution is 7.13. The number of carbonyl (C=O) groups excluding carboxylic acids is 2. The number of hydrogen-bond donors (Lipinski definition) is 4. The van der Waals surface area contributed by atoms with Crippen molar-refractivity contribution < 1.29 is 29.4 Å². The molecular weight excluding hydrogens is 468 g/mol. The molecule has 0 aliphatic heterocycles. The highest BCUT2D eigenvalue weighted by Gasteiger charge is 2.22. The number of rotatable bonds is 12. The molecule has 1 heterocycles. The molecule has 1 atom stereocenters. The minimum Gasteiger partial charge on any atom is -0.481 e. The van der Waals surface area contributed by atoms with Gasteiger partial charge < -0.3 is 20.8 Å². The Labute approximate surface area is 206 Å². The summed E-state index contributed by atoms with van der Waals surface area (Å²) >= 11 is 1.65. The lowest BCUT2D eigenvalue weighted by atomic mass is 10.1. The molecule has 1 aromatic heterocycles. The first-order valence-electron chi connectivity index (χ1n) is 11.1. The quantitative estimate of drug-likeness (QED) is 0.301. The molecule has 0 radical (unpaired) electrons. The van der Waals surface area contributed by atoms with Crippen LogP contribution >= 0.6 is 11.3 Å². The lowest BCUT2D eigenvalue weighted by molar-refractivity contribution is -0.138. The van der Waals surface area contributed by atoms with Crippen molar-refractivity contribution in [2.75, 3.05) is 5.32 Å². The van der Waals surface area contributed by atoms with Crippen molar-refractivity contribution in [1.82, 2.24) is 5.32 Å². The molecule has 182 valence electrons. The van der Waals surface area contributed by atoms with Crippen molar-refractivity contribution in [2.24, 2.45) is 0 Å². The van der Waals surface area contributed by atoms with Crippen LogP contribution < -0.4 is 10.6 Å². The van der Waals surface area contributed by atoms with Gasteiger partial charge >= 0.3 is 11.9 Å². The second-order valence-electron chi connectivity index (χ2n) is 7.99. The number of nitrogens with one attached hydrogen (secondary N) is 2. The SMILES string of the molecule is O=C(O)CCC(NC(=O)CCc1ccc(-c2cccs2)cc1)C(=O)Nc1cccc(CC(=O)O)c1. The van der Waals surface area contributed by atoms with E-state index in [-0.39, 0.29) is 31.6 Å². The number of carboxylic acid groups (broad SMARTS) is 2. The molecule has 0 bridgehead atoms. The summed E-state index contributed by atoms with van der Waals surface area (Å²) in [7, 11) is 0. The maximum atomic E-state index is 12.8. The van der Waals surface area contributed by atoms with Crippen LogP contribution in [0, 0.1) is 0 Å². The normalized spacial score (nSPS) is 11.4. The number of aliphatic carboxylic acids is 2. The topological polar surface area (TPSA) is 133 Å². The number of benzene rings is 2. The van der Waals surface area contributed by atoms with E-state index in [4.69, 9.17) is 10.2 Å². The Bertz CT molecular complexity index is 1170. The van der Waals surface area contributed by atoms with Crippen LogP contribution in [0.5, 0.6) is 0 Å². The molecule has 35 heavy (non-hydrogen) atoms. The van der Waals surface area contributed by atoms with Crippen LogP contribution in [0.25, 0.3) is 10.4 Å². The number of carbonyl (C=O) groups is 4. The van der Waals surface area contributed by atoms with E-state index >= 15 is 0 Å². The predicted octanol–water partition coefficient (Wildman–Crippen LogP) is 3.96. The molecule has 0 saturated heterocycles. The Balaban J connectivity index is 1.58. The summed E-state index contributed by atoms with van der Waals surface area (Å²) in [4.78, 5) is 48.5. The number of aryl methyl sites for hydroxylation is 1. The lowest BCUT2D eigenvalue weighted by Crippen LogP contribution is -2.44.